The Labute approximate surface area is 162 Å². The van der Waals surface area contributed by atoms with Gasteiger partial charge in [-0.05, 0) is 44.4 Å². The van der Waals surface area contributed by atoms with Gasteiger partial charge in [0, 0.05) is 17.4 Å². The van der Waals surface area contributed by atoms with Crippen molar-refractivity contribution < 1.29 is 24.2 Å². The van der Waals surface area contributed by atoms with E-state index in [4.69, 9.17) is 9.84 Å². The van der Waals surface area contributed by atoms with Gasteiger partial charge in [-0.2, -0.15) is 0 Å². The van der Waals surface area contributed by atoms with Crippen LogP contribution in [0.25, 0.3) is 11.1 Å². The number of ether oxygens (including phenoxy) is 1. The lowest BCUT2D eigenvalue weighted by Gasteiger charge is -2.12. The minimum absolute atomic E-state index is 0.162. The van der Waals surface area contributed by atoms with Crippen molar-refractivity contribution in [1.29, 1.82) is 0 Å². The van der Waals surface area contributed by atoms with Gasteiger partial charge < -0.3 is 15.2 Å². The Morgan fingerprint density at radius 1 is 1.15 bits per heavy atom. The SMILES string of the molecule is Cc1ccc(-c2csc(NC(=O)CCC(=O)O)c2C(=O)OC(C)C)cc1C. The molecular formula is C20H23NO5S. The summed E-state index contributed by atoms with van der Waals surface area (Å²) in [7, 11) is 0. The van der Waals surface area contributed by atoms with Crippen LogP contribution < -0.4 is 5.32 Å². The molecule has 0 unspecified atom stereocenters. The van der Waals surface area contributed by atoms with Crippen LogP contribution in [0.2, 0.25) is 0 Å². The first-order valence-corrected chi connectivity index (χ1v) is 9.48. The van der Waals surface area contributed by atoms with Crippen molar-refractivity contribution in [3.05, 3.63) is 40.3 Å². The molecule has 0 radical (unpaired) electrons. The smallest absolute Gasteiger partial charge is 0.342 e. The van der Waals surface area contributed by atoms with Crippen molar-refractivity contribution in [3.63, 3.8) is 0 Å². The first kappa shape index (κ1) is 20.6. The molecule has 0 aliphatic carbocycles. The van der Waals surface area contributed by atoms with E-state index in [0.29, 0.717) is 16.1 Å². The summed E-state index contributed by atoms with van der Waals surface area (Å²) < 4.78 is 5.35. The van der Waals surface area contributed by atoms with E-state index >= 15 is 0 Å². The first-order chi connectivity index (χ1) is 12.7. The summed E-state index contributed by atoms with van der Waals surface area (Å²) in [6.45, 7) is 7.51. The van der Waals surface area contributed by atoms with Crippen molar-refractivity contribution in [1.82, 2.24) is 0 Å². The number of rotatable bonds is 7. The molecule has 27 heavy (non-hydrogen) atoms. The Morgan fingerprint density at radius 3 is 2.44 bits per heavy atom. The molecule has 1 aromatic carbocycles. The zero-order valence-corrected chi connectivity index (χ0v) is 16.6. The van der Waals surface area contributed by atoms with E-state index in [0.717, 1.165) is 16.7 Å². The molecule has 0 spiro atoms. The number of aliphatic carboxylic acids is 1. The summed E-state index contributed by atoms with van der Waals surface area (Å²) in [5, 5.41) is 13.5. The molecular weight excluding hydrogens is 366 g/mol. The highest BCUT2D eigenvalue weighted by Gasteiger charge is 2.24. The number of carbonyl (C=O) groups is 3. The van der Waals surface area contributed by atoms with Crippen LogP contribution in [-0.2, 0) is 14.3 Å². The zero-order valence-electron chi connectivity index (χ0n) is 15.8. The number of esters is 1. The Hall–Kier alpha value is -2.67. The van der Waals surface area contributed by atoms with E-state index in [1.54, 1.807) is 19.2 Å². The number of thiophene rings is 1. The molecule has 0 saturated heterocycles. The third-order valence-corrected chi connectivity index (χ3v) is 4.87. The maximum Gasteiger partial charge on any atom is 0.342 e. The molecule has 2 aromatic rings. The van der Waals surface area contributed by atoms with Gasteiger partial charge in [-0.1, -0.05) is 18.2 Å². The maximum atomic E-state index is 12.7. The second-order valence-electron chi connectivity index (χ2n) is 6.55. The highest BCUT2D eigenvalue weighted by Crippen LogP contribution is 2.37. The van der Waals surface area contributed by atoms with Gasteiger partial charge >= 0.3 is 11.9 Å². The lowest BCUT2D eigenvalue weighted by atomic mass is 9.99. The number of aryl methyl sites for hydroxylation is 2. The summed E-state index contributed by atoms with van der Waals surface area (Å²) in [6.07, 6.45) is -0.738. The van der Waals surface area contributed by atoms with Crippen LogP contribution in [0.15, 0.2) is 23.6 Å². The summed E-state index contributed by atoms with van der Waals surface area (Å²) in [6, 6.07) is 5.89. The largest absolute Gasteiger partial charge is 0.481 e. The average Bonchev–Trinajstić information content (AvgIpc) is 2.98. The van der Waals surface area contributed by atoms with Gasteiger partial charge in [-0.25, -0.2) is 4.79 Å². The first-order valence-electron chi connectivity index (χ1n) is 8.60. The molecule has 0 aliphatic heterocycles. The number of carbonyl (C=O) groups excluding carboxylic acids is 2. The van der Waals surface area contributed by atoms with E-state index in [2.05, 4.69) is 5.32 Å². The zero-order chi connectivity index (χ0) is 20.1. The number of carboxylic acid groups (broad SMARTS) is 1. The minimum atomic E-state index is -1.05. The van der Waals surface area contributed by atoms with Crippen LogP contribution in [0.4, 0.5) is 5.00 Å². The van der Waals surface area contributed by atoms with Crippen molar-refractivity contribution in [2.75, 3.05) is 5.32 Å². The highest BCUT2D eigenvalue weighted by molar-refractivity contribution is 7.15. The molecule has 2 N–H and O–H groups in total. The Kier molecular flexibility index (Phi) is 6.74. The normalized spacial score (nSPS) is 10.7. The predicted molar refractivity (Wildman–Crippen MR) is 105 cm³/mol. The van der Waals surface area contributed by atoms with Crippen LogP contribution in [-0.4, -0.2) is 29.1 Å². The molecule has 1 amide bonds. The molecule has 0 aliphatic rings. The van der Waals surface area contributed by atoms with E-state index < -0.39 is 17.8 Å². The fourth-order valence-corrected chi connectivity index (χ4v) is 3.43. The average molecular weight is 389 g/mol. The molecule has 0 saturated carbocycles. The molecule has 0 atom stereocenters. The number of anilines is 1. The van der Waals surface area contributed by atoms with E-state index in [9.17, 15) is 14.4 Å². The number of benzene rings is 1. The Balaban J connectivity index is 2.40. The molecule has 7 heteroatoms. The summed E-state index contributed by atoms with van der Waals surface area (Å²) in [5.74, 6) is -2.02. The van der Waals surface area contributed by atoms with E-state index in [-0.39, 0.29) is 18.9 Å². The van der Waals surface area contributed by atoms with E-state index in [1.807, 2.05) is 32.0 Å². The lowest BCUT2D eigenvalue weighted by Crippen LogP contribution is -2.17. The number of hydrogen-bond acceptors (Lipinski definition) is 5. The summed E-state index contributed by atoms with van der Waals surface area (Å²) >= 11 is 1.22. The maximum absolute atomic E-state index is 12.7. The van der Waals surface area contributed by atoms with Crippen molar-refractivity contribution in [3.8, 4) is 11.1 Å². The summed E-state index contributed by atoms with van der Waals surface area (Å²) in [4.78, 5) is 35.4. The van der Waals surface area contributed by atoms with Gasteiger partial charge in [0.2, 0.25) is 5.91 Å². The topological polar surface area (TPSA) is 92.7 Å². The third-order valence-electron chi connectivity index (χ3n) is 3.97. The molecule has 2 rings (SSSR count). The molecule has 144 valence electrons. The lowest BCUT2D eigenvalue weighted by molar-refractivity contribution is -0.138. The van der Waals surface area contributed by atoms with E-state index in [1.165, 1.54) is 11.3 Å². The predicted octanol–water partition coefficient (Wildman–Crippen LogP) is 4.40. The Bertz CT molecular complexity index is 869. The van der Waals surface area contributed by atoms with Crippen molar-refractivity contribution >= 4 is 34.2 Å². The highest BCUT2D eigenvalue weighted by atomic mass is 32.1. The number of hydrogen-bond donors (Lipinski definition) is 2. The quantitative estimate of drug-likeness (QED) is 0.685. The third kappa shape index (κ3) is 5.40. The van der Waals surface area contributed by atoms with Crippen LogP contribution in [0, 0.1) is 13.8 Å². The molecule has 1 heterocycles. The van der Waals surface area contributed by atoms with Crippen molar-refractivity contribution in [2.24, 2.45) is 0 Å². The van der Waals surface area contributed by atoms with Crippen LogP contribution in [0.1, 0.15) is 48.2 Å². The fourth-order valence-electron chi connectivity index (χ4n) is 2.46. The second-order valence-corrected chi connectivity index (χ2v) is 7.43. The monoisotopic (exact) mass is 389 g/mol. The molecule has 0 bridgehead atoms. The second kappa shape index (κ2) is 8.81. The van der Waals surface area contributed by atoms with Crippen LogP contribution in [0.5, 0.6) is 0 Å². The van der Waals surface area contributed by atoms with Gasteiger partial charge in [0.25, 0.3) is 0 Å². The number of amides is 1. The molecule has 1 aromatic heterocycles. The molecule has 0 fully saturated rings. The Morgan fingerprint density at radius 2 is 1.85 bits per heavy atom. The molecule has 6 nitrogen and oxygen atoms in total. The van der Waals surface area contributed by atoms with Gasteiger partial charge in [-0.3, -0.25) is 9.59 Å². The standard InChI is InChI=1S/C20H23NO5S/c1-11(2)26-20(25)18-15(14-6-5-12(3)13(4)9-14)10-27-19(18)21-16(22)7-8-17(23)24/h5-6,9-11H,7-8H2,1-4H3,(H,21,22)(H,23,24). The van der Waals surface area contributed by atoms with Crippen molar-refractivity contribution in [2.45, 2.75) is 46.6 Å². The number of nitrogens with one attached hydrogen (secondary N) is 1. The summed E-state index contributed by atoms with van der Waals surface area (Å²) in [5.41, 5.74) is 4.07. The van der Waals surface area contributed by atoms with Gasteiger partial charge in [0.1, 0.15) is 10.6 Å². The van der Waals surface area contributed by atoms with Gasteiger partial charge in [0.05, 0.1) is 12.5 Å². The fraction of sp³-hybridized carbons (Fsp3) is 0.350. The van der Waals surface area contributed by atoms with Crippen LogP contribution in [0.3, 0.4) is 0 Å². The minimum Gasteiger partial charge on any atom is -0.481 e. The van der Waals surface area contributed by atoms with Crippen LogP contribution >= 0.6 is 11.3 Å². The van der Waals surface area contributed by atoms with Gasteiger partial charge in [-0.15, -0.1) is 11.3 Å². The van der Waals surface area contributed by atoms with Gasteiger partial charge in [0.15, 0.2) is 0 Å². The number of carboxylic acids is 1.